The van der Waals surface area contributed by atoms with Crippen LogP contribution in [0.25, 0.3) is 6.08 Å². The minimum Gasteiger partial charge on any atom is -0.268 e. The molecule has 0 bridgehead atoms. The lowest BCUT2D eigenvalue weighted by molar-refractivity contribution is -0.385. The lowest BCUT2D eigenvalue weighted by Crippen LogP contribution is -2.28. The van der Waals surface area contributed by atoms with Crippen molar-refractivity contribution in [3.05, 3.63) is 99.6 Å². The van der Waals surface area contributed by atoms with E-state index < -0.39 is 4.92 Å². The number of amides is 1. The molecule has 0 aliphatic carbocycles. The zero-order chi connectivity index (χ0) is 20.2. The summed E-state index contributed by atoms with van der Waals surface area (Å²) in [5.41, 5.74) is 0.959. The molecule has 1 fully saturated rings. The van der Waals surface area contributed by atoms with Gasteiger partial charge in [-0.2, -0.15) is 0 Å². The molecular weight excluding hydrogens is 388 g/mol. The van der Waals surface area contributed by atoms with Crippen molar-refractivity contribution in [2.75, 3.05) is 4.90 Å². The first kappa shape index (κ1) is 18.6. The molecule has 0 atom stereocenters. The summed E-state index contributed by atoms with van der Waals surface area (Å²) in [7, 11) is 0. The maximum atomic E-state index is 13.2. The van der Waals surface area contributed by atoms with E-state index in [1.807, 2.05) is 24.3 Å². The van der Waals surface area contributed by atoms with Crippen molar-refractivity contribution in [2.24, 2.45) is 4.99 Å². The van der Waals surface area contributed by atoms with Crippen molar-refractivity contribution in [3.8, 4) is 0 Å². The molecule has 0 unspecified atom stereocenters. The van der Waals surface area contributed by atoms with Crippen molar-refractivity contribution in [2.45, 2.75) is 0 Å². The summed E-state index contributed by atoms with van der Waals surface area (Å²) >= 11 is 1.16. The van der Waals surface area contributed by atoms with Gasteiger partial charge in [0.25, 0.3) is 11.6 Å². The summed E-state index contributed by atoms with van der Waals surface area (Å²) in [5.74, 6) is 0.171. The molecule has 0 N–H and O–H groups in total. The molecule has 2 heterocycles. The van der Waals surface area contributed by atoms with Gasteiger partial charge in [-0.05, 0) is 48.2 Å². The molecule has 1 aliphatic rings. The van der Waals surface area contributed by atoms with E-state index >= 15 is 0 Å². The second kappa shape index (κ2) is 8.07. The first-order chi connectivity index (χ1) is 14.1. The summed E-state index contributed by atoms with van der Waals surface area (Å²) in [6.07, 6.45) is 3.15. The van der Waals surface area contributed by atoms with E-state index in [9.17, 15) is 14.9 Å². The lowest BCUT2D eigenvalue weighted by Gasteiger charge is -2.15. The van der Waals surface area contributed by atoms with Crippen LogP contribution >= 0.6 is 11.8 Å². The van der Waals surface area contributed by atoms with Crippen LogP contribution in [0.15, 0.2) is 88.9 Å². The Morgan fingerprint density at radius 3 is 2.45 bits per heavy atom. The Morgan fingerprint density at radius 1 is 1.00 bits per heavy atom. The molecule has 4 rings (SSSR count). The number of rotatable bonds is 4. The maximum absolute atomic E-state index is 13.2. The number of benzene rings is 2. The SMILES string of the molecule is O=C1/C(=C/c2ccccc2[N+](=O)[O-])S/C(=N/c2ccccn2)N1c1ccccc1. The van der Waals surface area contributed by atoms with Crippen LogP contribution in [-0.2, 0) is 4.79 Å². The van der Waals surface area contributed by atoms with E-state index in [2.05, 4.69) is 9.98 Å². The van der Waals surface area contributed by atoms with Crippen LogP contribution in [0, 0.1) is 10.1 Å². The number of hydrogen-bond acceptors (Lipinski definition) is 6. The first-order valence-corrected chi connectivity index (χ1v) is 9.47. The molecule has 1 aliphatic heterocycles. The highest BCUT2D eigenvalue weighted by Gasteiger charge is 2.35. The van der Waals surface area contributed by atoms with Crippen LogP contribution in [0.4, 0.5) is 17.2 Å². The molecule has 142 valence electrons. The zero-order valence-electron chi connectivity index (χ0n) is 15.0. The topological polar surface area (TPSA) is 88.7 Å². The van der Waals surface area contributed by atoms with Crippen LogP contribution in [-0.4, -0.2) is 21.0 Å². The molecule has 2 aromatic carbocycles. The van der Waals surface area contributed by atoms with Gasteiger partial charge in [-0.15, -0.1) is 0 Å². The number of aromatic nitrogens is 1. The quantitative estimate of drug-likeness (QED) is 0.355. The number of anilines is 1. The molecule has 1 amide bonds. The van der Waals surface area contributed by atoms with Gasteiger partial charge >= 0.3 is 0 Å². The molecule has 0 saturated carbocycles. The van der Waals surface area contributed by atoms with Gasteiger partial charge in [-0.1, -0.05) is 36.4 Å². The van der Waals surface area contributed by atoms with E-state index in [1.165, 1.54) is 17.0 Å². The largest absolute Gasteiger partial charge is 0.276 e. The van der Waals surface area contributed by atoms with Crippen LogP contribution in [0.2, 0.25) is 0 Å². The number of nitrogens with zero attached hydrogens (tertiary/aromatic N) is 4. The Morgan fingerprint density at radius 2 is 1.72 bits per heavy atom. The van der Waals surface area contributed by atoms with E-state index in [0.717, 1.165) is 11.8 Å². The minimum absolute atomic E-state index is 0.0604. The number of carbonyl (C=O) groups is 1. The fraction of sp³-hybridized carbons (Fsp3) is 0. The number of hydrogen-bond donors (Lipinski definition) is 0. The Bertz CT molecular complexity index is 1130. The number of pyridine rings is 1. The van der Waals surface area contributed by atoms with Gasteiger partial charge < -0.3 is 0 Å². The molecule has 29 heavy (non-hydrogen) atoms. The van der Waals surface area contributed by atoms with Crippen molar-refractivity contribution >= 4 is 46.1 Å². The van der Waals surface area contributed by atoms with Crippen molar-refractivity contribution in [3.63, 3.8) is 0 Å². The van der Waals surface area contributed by atoms with Gasteiger partial charge in [0, 0.05) is 12.3 Å². The number of amidine groups is 1. The van der Waals surface area contributed by atoms with E-state index in [4.69, 9.17) is 0 Å². The minimum atomic E-state index is -0.464. The first-order valence-electron chi connectivity index (χ1n) is 8.66. The van der Waals surface area contributed by atoms with E-state index in [1.54, 1.807) is 48.7 Å². The van der Waals surface area contributed by atoms with Crippen LogP contribution < -0.4 is 4.90 Å². The van der Waals surface area contributed by atoms with E-state index in [0.29, 0.717) is 27.1 Å². The highest BCUT2D eigenvalue weighted by atomic mass is 32.2. The van der Waals surface area contributed by atoms with E-state index in [-0.39, 0.29) is 11.6 Å². The average Bonchev–Trinajstić information content (AvgIpc) is 3.04. The third-order valence-corrected chi connectivity index (χ3v) is 5.07. The fourth-order valence-corrected chi connectivity index (χ4v) is 3.77. The smallest absolute Gasteiger partial charge is 0.268 e. The lowest BCUT2D eigenvalue weighted by atomic mass is 10.1. The Hall–Kier alpha value is -3.78. The third-order valence-electron chi connectivity index (χ3n) is 4.10. The Balaban J connectivity index is 1.80. The number of aliphatic imine (C=N–C) groups is 1. The molecule has 1 saturated heterocycles. The summed E-state index contributed by atoms with van der Waals surface area (Å²) in [6.45, 7) is 0. The maximum Gasteiger partial charge on any atom is 0.276 e. The van der Waals surface area contributed by atoms with Crippen LogP contribution in [0.1, 0.15) is 5.56 Å². The fourth-order valence-electron chi connectivity index (χ4n) is 2.79. The van der Waals surface area contributed by atoms with Gasteiger partial charge in [0.1, 0.15) is 0 Å². The predicted molar refractivity (Wildman–Crippen MR) is 114 cm³/mol. The molecule has 0 radical (unpaired) electrons. The number of thioether (sulfide) groups is 1. The Kier molecular flexibility index (Phi) is 5.17. The van der Waals surface area contributed by atoms with Gasteiger partial charge in [0.05, 0.1) is 21.1 Å². The molecule has 7 nitrogen and oxygen atoms in total. The molecule has 0 spiro atoms. The summed E-state index contributed by atoms with van der Waals surface area (Å²) in [6, 6.07) is 20.8. The summed E-state index contributed by atoms with van der Waals surface area (Å²) in [4.78, 5) is 34.5. The van der Waals surface area contributed by atoms with Crippen molar-refractivity contribution < 1.29 is 9.72 Å². The second-order valence-electron chi connectivity index (χ2n) is 5.99. The van der Waals surface area contributed by atoms with Gasteiger partial charge in [0.2, 0.25) is 0 Å². The normalized spacial score (nSPS) is 16.6. The Labute approximate surface area is 170 Å². The second-order valence-corrected chi connectivity index (χ2v) is 6.99. The number of nitro benzene ring substituents is 1. The monoisotopic (exact) mass is 402 g/mol. The molecular formula is C21H14N4O3S. The highest BCUT2D eigenvalue weighted by molar-refractivity contribution is 8.19. The molecule has 1 aromatic heterocycles. The van der Waals surface area contributed by atoms with Crippen molar-refractivity contribution in [1.82, 2.24) is 4.98 Å². The van der Waals surface area contributed by atoms with Gasteiger partial charge in [0.15, 0.2) is 11.0 Å². The van der Waals surface area contributed by atoms with Crippen molar-refractivity contribution in [1.29, 1.82) is 0 Å². The number of para-hydroxylation sites is 2. The van der Waals surface area contributed by atoms with Crippen LogP contribution in [0.3, 0.4) is 0 Å². The summed E-state index contributed by atoms with van der Waals surface area (Å²) in [5, 5.41) is 11.7. The summed E-state index contributed by atoms with van der Waals surface area (Å²) < 4.78 is 0. The zero-order valence-corrected chi connectivity index (χ0v) is 15.8. The van der Waals surface area contributed by atoms with Gasteiger partial charge in [-0.25, -0.2) is 9.98 Å². The molecule has 8 heteroatoms. The molecule has 3 aromatic rings. The predicted octanol–water partition coefficient (Wildman–Crippen LogP) is 4.80. The highest BCUT2D eigenvalue weighted by Crippen LogP contribution is 2.37. The number of nitro groups is 1. The van der Waals surface area contributed by atoms with Crippen LogP contribution in [0.5, 0.6) is 0 Å². The third kappa shape index (κ3) is 3.92. The van der Waals surface area contributed by atoms with Gasteiger partial charge in [-0.3, -0.25) is 19.8 Å². The standard InChI is InChI=1S/C21H14N4O3S/c26-20-18(14-15-8-4-5-11-17(15)25(27)28)29-21(23-19-12-6-7-13-22-19)24(20)16-9-2-1-3-10-16/h1-14H/b18-14-,23-21+. The number of carbonyl (C=O) groups excluding carboxylic acids is 1. The average molecular weight is 402 g/mol.